The van der Waals surface area contributed by atoms with Crippen LogP contribution in [0.15, 0.2) is 45.7 Å². The molecule has 1 fully saturated rings. The summed E-state index contributed by atoms with van der Waals surface area (Å²) in [6.45, 7) is 3.82. The van der Waals surface area contributed by atoms with Crippen molar-refractivity contribution in [3.63, 3.8) is 0 Å². The van der Waals surface area contributed by atoms with Gasteiger partial charge in [0, 0.05) is 19.6 Å². The largest absolute Gasteiger partial charge is 0.456 e. The minimum absolute atomic E-state index is 0.260. The summed E-state index contributed by atoms with van der Waals surface area (Å²) >= 11 is 0. The fourth-order valence-corrected chi connectivity index (χ4v) is 4.14. The second-order valence-electron chi connectivity index (χ2n) is 6.08. The summed E-state index contributed by atoms with van der Waals surface area (Å²) in [5.41, 5.74) is 0.946. The molecule has 0 spiro atoms. The zero-order valence-corrected chi connectivity index (χ0v) is 15.4. The molecule has 0 radical (unpaired) electrons. The lowest BCUT2D eigenvalue weighted by molar-refractivity contribution is 0.0730. The molecule has 0 bridgehead atoms. The van der Waals surface area contributed by atoms with E-state index in [1.54, 1.807) is 43.3 Å². The number of nitrogens with zero attached hydrogens (tertiary/aromatic N) is 1. The number of benzene rings is 1. The van der Waals surface area contributed by atoms with E-state index in [2.05, 4.69) is 5.32 Å². The minimum Gasteiger partial charge on any atom is -0.456 e. The number of nitrogens with one attached hydrogen (secondary N) is 1. The Morgan fingerprint density at radius 3 is 2.42 bits per heavy atom. The summed E-state index contributed by atoms with van der Waals surface area (Å²) in [6, 6.07) is 10.1. The highest BCUT2D eigenvalue weighted by Gasteiger charge is 2.26. The standard InChI is InChI=1S/C18H22N2O5S/c1-14-2-7-17(25-14)18(21)19-9-8-15-3-5-16(6-4-15)26(22,23)20-10-12-24-13-11-20/h2-7H,8-13H2,1H3,(H,19,21). The molecule has 140 valence electrons. The predicted molar refractivity (Wildman–Crippen MR) is 95.5 cm³/mol. The van der Waals surface area contributed by atoms with Gasteiger partial charge in [-0.2, -0.15) is 4.31 Å². The number of rotatable bonds is 6. The first-order valence-electron chi connectivity index (χ1n) is 8.48. The Hall–Kier alpha value is -2.16. The Bertz CT molecular complexity index is 852. The molecule has 1 aromatic heterocycles. The lowest BCUT2D eigenvalue weighted by Gasteiger charge is -2.26. The average molecular weight is 378 g/mol. The average Bonchev–Trinajstić information content (AvgIpc) is 3.09. The summed E-state index contributed by atoms with van der Waals surface area (Å²) in [6.07, 6.45) is 0.601. The molecule has 0 aliphatic carbocycles. The predicted octanol–water partition coefficient (Wildman–Crippen LogP) is 1.58. The maximum Gasteiger partial charge on any atom is 0.287 e. The van der Waals surface area contributed by atoms with Crippen molar-refractivity contribution in [2.75, 3.05) is 32.8 Å². The van der Waals surface area contributed by atoms with Crippen LogP contribution in [0.5, 0.6) is 0 Å². The summed E-state index contributed by atoms with van der Waals surface area (Å²) < 4.78 is 37.0. The number of furan rings is 1. The number of sulfonamides is 1. The molecule has 1 N–H and O–H groups in total. The van der Waals surface area contributed by atoms with Crippen molar-refractivity contribution < 1.29 is 22.4 Å². The first-order valence-corrected chi connectivity index (χ1v) is 9.92. The van der Waals surface area contributed by atoms with Crippen LogP contribution in [-0.2, 0) is 21.2 Å². The van der Waals surface area contributed by atoms with Gasteiger partial charge in [-0.3, -0.25) is 4.79 Å². The van der Waals surface area contributed by atoms with Gasteiger partial charge in [-0.15, -0.1) is 0 Å². The Balaban J connectivity index is 1.55. The summed E-state index contributed by atoms with van der Waals surface area (Å²) in [5, 5.41) is 2.78. The zero-order chi connectivity index (χ0) is 18.6. The van der Waals surface area contributed by atoms with Crippen LogP contribution >= 0.6 is 0 Å². The Labute approximate surface area is 153 Å². The molecule has 1 aliphatic heterocycles. The normalized spacial score (nSPS) is 15.7. The Morgan fingerprint density at radius 2 is 1.81 bits per heavy atom. The van der Waals surface area contributed by atoms with Crippen molar-refractivity contribution in [2.45, 2.75) is 18.2 Å². The van der Waals surface area contributed by atoms with E-state index >= 15 is 0 Å². The van der Waals surface area contributed by atoms with E-state index in [0.29, 0.717) is 45.0 Å². The van der Waals surface area contributed by atoms with Crippen LogP contribution in [0, 0.1) is 6.92 Å². The first kappa shape index (κ1) is 18.6. The molecule has 2 heterocycles. The minimum atomic E-state index is -3.48. The fourth-order valence-electron chi connectivity index (χ4n) is 2.73. The summed E-state index contributed by atoms with van der Waals surface area (Å²) in [5.74, 6) is 0.714. The molecular weight excluding hydrogens is 356 g/mol. The summed E-state index contributed by atoms with van der Waals surface area (Å²) in [4.78, 5) is 12.2. The van der Waals surface area contributed by atoms with E-state index in [-0.39, 0.29) is 16.6 Å². The molecule has 0 unspecified atom stereocenters. The molecule has 0 atom stereocenters. The highest BCUT2D eigenvalue weighted by Crippen LogP contribution is 2.17. The zero-order valence-electron chi connectivity index (χ0n) is 14.6. The van der Waals surface area contributed by atoms with Gasteiger partial charge in [-0.05, 0) is 43.2 Å². The Morgan fingerprint density at radius 1 is 1.12 bits per heavy atom. The molecule has 1 aromatic carbocycles. The molecule has 1 saturated heterocycles. The van der Waals surface area contributed by atoms with Crippen LogP contribution in [0.4, 0.5) is 0 Å². The van der Waals surface area contributed by atoms with Gasteiger partial charge in [0.1, 0.15) is 5.76 Å². The first-order chi connectivity index (χ1) is 12.5. The monoisotopic (exact) mass is 378 g/mol. The van der Waals surface area contributed by atoms with Gasteiger partial charge in [-0.1, -0.05) is 12.1 Å². The van der Waals surface area contributed by atoms with Crippen LogP contribution in [0.25, 0.3) is 0 Å². The molecule has 1 aliphatic rings. The molecule has 0 saturated carbocycles. The van der Waals surface area contributed by atoms with Gasteiger partial charge >= 0.3 is 0 Å². The third-order valence-corrected chi connectivity index (χ3v) is 6.11. The quantitative estimate of drug-likeness (QED) is 0.824. The second-order valence-corrected chi connectivity index (χ2v) is 8.01. The third-order valence-electron chi connectivity index (χ3n) is 4.19. The van der Waals surface area contributed by atoms with Gasteiger partial charge in [0.05, 0.1) is 18.1 Å². The number of morpholine rings is 1. The van der Waals surface area contributed by atoms with Gasteiger partial charge in [0.15, 0.2) is 5.76 Å². The van der Waals surface area contributed by atoms with Crippen LogP contribution in [-0.4, -0.2) is 51.5 Å². The molecule has 3 rings (SSSR count). The van der Waals surface area contributed by atoms with E-state index in [0.717, 1.165) is 5.56 Å². The van der Waals surface area contributed by atoms with Crippen molar-refractivity contribution in [3.05, 3.63) is 53.5 Å². The number of hydrogen-bond acceptors (Lipinski definition) is 5. The smallest absolute Gasteiger partial charge is 0.287 e. The van der Waals surface area contributed by atoms with E-state index in [1.807, 2.05) is 0 Å². The van der Waals surface area contributed by atoms with Crippen LogP contribution in [0.1, 0.15) is 21.9 Å². The van der Waals surface area contributed by atoms with Gasteiger partial charge < -0.3 is 14.5 Å². The second kappa shape index (κ2) is 8.03. The van der Waals surface area contributed by atoms with E-state index in [4.69, 9.17) is 9.15 Å². The van der Waals surface area contributed by atoms with Gasteiger partial charge in [-0.25, -0.2) is 8.42 Å². The van der Waals surface area contributed by atoms with Crippen LogP contribution in [0.2, 0.25) is 0 Å². The molecule has 26 heavy (non-hydrogen) atoms. The van der Waals surface area contributed by atoms with E-state index < -0.39 is 10.0 Å². The maximum absolute atomic E-state index is 12.6. The number of carbonyl (C=O) groups is 1. The topological polar surface area (TPSA) is 88.9 Å². The van der Waals surface area contributed by atoms with E-state index in [9.17, 15) is 13.2 Å². The lowest BCUT2D eigenvalue weighted by atomic mass is 10.1. The Kier molecular flexibility index (Phi) is 5.75. The summed E-state index contributed by atoms with van der Waals surface area (Å²) in [7, 11) is -3.48. The van der Waals surface area contributed by atoms with Gasteiger partial charge in [0.2, 0.25) is 10.0 Å². The number of hydrogen-bond donors (Lipinski definition) is 1. The van der Waals surface area contributed by atoms with Crippen molar-refractivity contribution in [3.8, 4) is 0 Å². The van der Waals surface area contributed by atoms with Crippen LogP contribution < -0.4 is 5.32 Å². The number of amides is 1. The molecule has 1 amide bonds. The fraction of sp³-hybridized carbons (Fsp3) is 0.389. The highest BCUT2D eigenvalue weighted by molar-refractivity contribution is 7.89. The number of ether oxygens (including phenoxy) is 1. The van der Waals surface area contributed by atoms with Crippen molar-refractivity contribution >= 4 is 15.9 Å². The number of aryl methyl sites for hydroxylation is 1. The van der Waals surface area contributed by atoms with Crippen molar-refractivity contribution in [1.82, 2.24) is 9.62 Å². The lowest BCUT2D eigenvalue weighted by Crippen LogP contribution is -2.40. The molecule has 2 aromatic rings. The molecule has 8 heteroatoms. The van der Waals surface area contributed by atoms with Crippen molar-refractivity contribution in [1.29, 1.82) is 0 Å². The molecule has 7 nitrogen and oxygen atoms in total. The highest BCUT2D eigenvalue weighted by atomic mass is 32.2. The number of carbonyl (C=O) groups excluding carboxylic acids is 1. The van der Waals surface area contributed by atoms with Crippen LogP contribution in [0.3, 0.4) is 0 Å². The van der Waals surface area contributed by atoms with E-state index in [1.165, 1.54) is 4.31 Å². The third kappa shape index (κ3) is 4.32. The maximum atomic E-state index is 12.6. The van der Waals surface area contributed by atoms with Crippen molar-refractivity contribution in [2.24, 2.45) is 0 Å². The van der Waals surface area contributed by atoms with Gasteiger partial charge in [0.25, 0.3) is 5.91 Å². The SMILES string of the molecule is Cc1ccc(C(=O)NCCc2ccc(S(=O)(=O)N3CCOCC3)cc2)o1. The molecular formula is C18H22N2O5S.